The van der Waals surface area contributed by atoms with Crippen LogP contribution < -0.4 is 10.1 Å². The average Bonchev–Trinajstić information content (AvgIpc) is 2.82. The highest BCUT2D eigenvalue weighted by Gasteiger charge is 2.23. The first-order chi connectivity index (χ1) is 9.28. The molecule has 0 saturated heterocycles. The van der Waals surface area contributed by atoms with E-state index in [1.807, 2.05) is 17.9 Å². The minimum atomic E-state index is 0.226. The van der Waals surface area contributed by atoms with Crippen molar-refractivity contribution in [2.45, 2.75) is 25.3 Å². The van der Waals surface area contributed by atoms with Gasteiger partial charge in [0.25, 0.3) is 0 Å². The number of anilines is 1. The minimum absolute atomic E-state index is 0.226. The quantitative estimate of drug-likeness (QED) is 0.909. The fourth-order valence-electron chi connectivity index (χ4n) is 2.54. The standard InChI is InChI=1S/C13H17N5O/c1-18-11-5-3-4-10(9(11)8-15-18)16-13-14-7-6-12(17-13)19-2/h6-8,10H,3-5H2,1-2H3,(H,14,16,17). The van der Waals surface area contributed by atoms with Gasteiger partial charge < -0.3 is 10.1 Å². The maximum absolute atomic E-state index is 5.11. The molecule has 19 heavy (non-hydrogen) atoms. The monoisotopic (exact) mass is 259 g/mol. The first-order valence-corrected chi connectivity index (χ1v) is 6.42. The molecule has 3 rings (SSSR count). The summed E-state index contributed by atoms with van der Waals surface area (Å²) < 4.78 is 7.06. The second kappa shape index (κ2) is 4.87. The Bertz CT molecular complexity index is 580. The van der Waals surface area contributed by atoms with E-state index in [0.29, 0.717) is 11.8 Å². The first kappa shape index (κ1) is 12.0. The second-order valence-electron chi connectivity index (χ2n) is 4.68. The van der Waals surface area contributed by atoms with Crippen LogP contribution in [-0.4, -0.2) is 26.9 Å². The molecule has 6 nitrogen and oxygen atoms in total. The topological polar surface area (TPSA) is 64.9 Å². The SMILES string of the molecule is COc1ccnc(NC2CCCc3c2cnn3C)n1. The highest BCUT2D eigenvalue weighted by Crippen LogP contribution is 2.31. The summed E-state index contributed by atoms with van der Waals surface area (Å²) in [5.41, 5.74) is 2.55. The van der Waals surface area contributed by atoms with Crippen molar-refractivity contribution in [3.8, 4) is 5.88 Å². The summed E-state index contributed by atoms with van der Waals surface area (Å²) in [4.78, 5) is 8.53. The first-order valence-electron chi connectivity index (χ1n) is 6.42. The van der Waals surface area contributed by atoms with E-state index < -0.39 is 0 Å². The molecule has 2 aromatic heterocycles. The van der Waals surface area contributed by atoms with Crippen LogP contribution >= 0.6 is 0 Å². The molecule has 1 atom stereocenters. The third kappa shape index (κ3) is 2.25. The van der Waals surface area contributed by atoms with Gasteiger partial charge in [-0.15, -0.1) is 0 Å². The number of nitrogens with zero attached hydrogens (tertiary/aromatic N) is 4. The van der Waals surface area contributed by atoms with Gasteiger partial charge in [-0.2, -0.15) is 10.1 Å². The van der Waals surface area contributed by atoms with Crippen molar-refractivity contribution < 1.29 is 4.74 Å². The van der Waals surface area contributed by atoms with Gasteiger partial charge in [0.15, 0.2) is 0 Å². The predicted octanol–water partition coefficient (Wildman–Crippen LogP) is 1.71. The van der Waals surface area contributed by atoms with Crippen molar-refractivity contribution in [2.75, 3.05) is 12.4 Å². The van der Waals surface area contributed by atoms with Gasteiger partial charge in [0.1, 0.15) is 0 Å². The molecule has 0 aromatic carbocycles. The summed E-state index contributed by atoms with van der Waals surface area (Å²) >= 11 is 0. The zero-order valence-electron chi connectivity index (χ0n) is 11.1. The highest BCUT2D eigenvalue weighted by molar-refractivity contribution is 5.36. The van der Waals surface area contributed by atoms with Gasteiger partial charge in [0, 0.05) is 30.6 Å². The Hall–Kier alpha value is -2.11. The predicted molar refractivity (Wildman–Crippen MR) is 71.1 cm³/mol. The zero-order valence-corrected chi connectivity index (χ0v) is 11.1. The molecule has 0 saturated carbocycles. The molecule has 0 fully saturated rings. The van der Waals surface area contributed by atoms with Crippen molar-refractivity contribution in [1.82, 2.24) is 19.7 Å². The number of hydrogen-bond donors (Lipinski definition) is 1. The summed E-state index contributed by atoms with van der Waals surface area (Å²) in [6.07, 6.45) is 6.93. The van der Waals surface area contributed by atoms with E-state index in [1.54, 1.807) is 19.4 Å². The lowest BCUT2D eigenvalue weighted by molar-refractivity contribution is 0.397. The van der Waals surface area contributed by atoms with Crippen molar-refractivity contribution in [1.29, 1.82) is 0 Å². The van der Waals surface area contributed by atoms with Crippen molar-refractivity contribution in [2.24, 2.45) is 7.05 Å². The van der Waals surface area contributed by atoms with E-state index in [9.17, 15) is 0 Å². The van der Waals surface area contributed by atoms with Gasteiger partial charge in [-0.1, -0.05) is 0 Å². The number of hydrogen-bond acceptors (Lipinski definition) is 5. The number of methoxy groups -OCH3 is 1. The maximum Gasteiger partial charge on any atom is 0.226 e. The number of ether oxygens (including phenoxy) is 1. The molecule has 0 amide bonds. The number of aromatic nitrogens is 4. The van der Waals surface area contributed by atoms with Gasteiger partial charge in [0.2, 0.25) is 11.8 Å². The van der Waals surface area contributed by atoms with E-state index in [0.717, 1.165) is 19.3 Å². The summed E-state index contributed by atoms with van der Waals surface area (Å²) in [6.45, 7) is 0. The lowest BCUT2D eigenvalue weighted by Gasteiger charge is -2.23. The Morgan fingerprint density at radius 1 is 1.47 bits per heavy atom. The Balaban J connectivity index is 1.84. The summed E-state index contributed by atoms with van der Waals surface area (Å²) in [5.74, 6) is 1.17. The van der Waals surface area contributed by atoms with Crippen LogP contribution in [-0.2, 0) is 13.5 Å². The normalized spacial score (nSPS) is 17.9. The van der Waals surface area contributed by atoms with E-state index in [-0.39, 0.29) is 6.04 Å². The Morgan fingerprint density at radius 3 is 3.21 bits per heavy atom. The fourth-order valence-corrected chi connectivity index (χ4v) is 2.54. The van der Waals surface area contributed by atoms with Crippen LogP contribution in [0.3, 0.4) is 0 Å². The van der Waals surface area contributed by atoms with Gasteiger partial charge in [-0.3, -0.25) is 4.68 Å². The molecule has 100 valence electrons. The molecule has 0 spiro atoms. The number of fused-ring (bicyclic) bond motifs is 1. The molecule has 1 aliphatic rings. The van der Waals surface area contributed by atoms with Crippen molar-refractivity contribution in [3.63, 3.8) is 0 Å². The molecule has 0 bridgehead atoms. The molecular weight excluding hydrogens is 242 g/mol. The fraction of sp³-hybridized carbons (Fsp3) is 0.462. The van der Waals surface area contributed by atoms with Crippen LogP contribution in [0.4, 0.5) is 5.95 Å². The smallest absolute Gasteiger partial charge is 0.226 e. The third-order valence-corrected chi connectivity index (χ3v) is 3.52. The summed E-state index contributed by atoms with van der Waals surface area (Å²) in [7, 11) is 3.59. The Morgan fingerprint density at radius 2 is 2.37 bits per heavy atom. The third-order valence-electron chi connectivity index (χ3n) is 3.52. The maximum atomic E-state index is 5.11. The highest BCUT2D eigenvalue weighted by atomic mass is 16.5. The van der Waals surface area contributed by atoms with E-state index in [1.165, 1.54) is 11.3 Å². The van der Waals surface area contributed by atoms with E-state index >= 15 is 0 Å². The second-order valence-corrected chi connectivity index (χ2v) is 4.68. The summed E-state index contributed by atoms with van der Waals surface area (Å²) in [6, 6.07) is 1.96. The van der Waals surface area contributed by atoms with E-state index in [2.05, 4.69) is 20.4 Å². The zero-order chi connectivity index (χ0) is 13.2. The van der Waals surface area contributed by atoms with Crippen molar-refractivity contribution >= 4 is 5.95 Å². The number of aryl methyl sites for hydroxylation is 1. The molecular formula is C13H17N5O. The number of rotatable bonds is 3. The van der Waals surface area contributed by atoms with Crippen LogP contribution in [0.25, 0.3) is 0 Å². The van der Waals surface area contributed by atoms with Gasteiger partial charge in [0.05, 0.1) is 19.3 Å². The molecule has 0 aliphatic heterocycles. The average molecular weight is 259 g/mol. The van der Waals surface area contributed by atoms with Crippen LogP contribution in [0, 0.1) is 0 Å². The Kier molecular flexibility index (Phi) is 3.06. The molecule has 1 aliphatic carbocycles. The molecule has 2 aromatic rings. The van der Waals surface area contributed by atoms with Crippen LogP contribution in [0.15, 0.2) is 18.5 Å². The summed E-state index contributed by atoms with van der Waals surface area (Å²) in [5, 5.41) is 7.70. The van der Waals surface area contributed by atoms with Gasteiger partial charge >= 0.3 is 0 Å². The van der Waals surface area contributed by atoms with Crippen LogP contribution in [0.2, 0.25) is 0 Å². The minimum Gasteiger partial charge on any atom is -0.481 e. The lowest BCUT2D eigenvalue weighted by atomic mass is 9.93. The van der Waals surface area contributed by atoms with Crippen LogP contribution in [0.5, 0.6) is 5.88 Å². The molecule has 1 N–H and O–H groups in total. The van der Waals surface area contributed by atoms with Gasteiger partial charge in [-0.05, 0) is 19.3 Å². The molecule has 6 heteroatoms. The molecule has 2 heterocycles. The van der Waals surface area contributed by atoms with Crippen molar-refractivity contribution in [3.05, 3.63) is 29.7 Å². The Labute approximate surface area is 111 Å². The van der Waals surface area contributed by atoms with Crippen LogP contribution in [0.1, 0.15) is 30.1 Å². The number of nitrogens with one attached hydrogen (secondary N) is 1. The largest absolute Gasteiger partial charge is 0.481 e. The lowest BCUT2D eigenvalue weighted by Crippen LogP contribution is -2.19. The van der Waals surface area contributed by atoms with Gasteiger partial charge in [-0.25, -0.2) is 4.98 Å². The molecule has 0 radical (unpaired) electrons. The molecule has 1 unspecified atom stereocenters. The van der Waals surface area contributed by atoms with E-state index in [4.69, 9.17) is 4.74 Å².